The number of rotatable bonds is 3. The van der Waals surface area contributed by atoms with Crippen molar-refractivity contribution in [2.24, 2.45) is 0 Å². The number of aldehydes is 1. The fourth-order valence-corrected chi connectivity index (χ4v) is 1.94. The standard InChI is InChI=1S/C15H13FO2/c1-10-7-13(16)4-5-14(10)11-3-6-15(18-2)12(8-11)9-17/h3-9H,1-2H3. The van der Waals surface area contributed by atoms with Gasteiger partial charge in [0.1, 0.15) is 11.6 Å². The van der Waals surface area contributed by atoms with Crippen molar-refractivity contribution in [3.8, 4) is 16.9 Å². The van der Waals surface area contributed by atoms with E-state index in [0.717, 1.165) is 23.0 Å². The number of ether oxygens (including phenoxy) is 1. The molecule has 0 saturated carbocycles. The largest absolute Gasteiger partial charge is 0.496 e. The summed E-state index contributed by atoms with van der Waals surface area (Å²) in [4.78, 5) is 11.0. The maximum absolute atomic E-state index is 13.1. The number of hydrogen-bond acceptors (Lipinski definition) is 2. The van der Waals surface area contributed by atoms with Gasteiger partial charge in [0, 0.05) is 0 Å². The second-order valence-corrected chi connectivity index (χ2v) is 4.03. The maximum atomic E-state index is 13.1. The Labute approximate surface area is 105 Å². The molecule has 18 heavy (non-hydrogen) atoms. The summed E-state index contributed by atoms with van der Waals surface area (Å²) >= 11 is 0. The monoisotopic (exact) mass is 244 g/mol. The van der Waals surface area contributed by atoms with Crippen molar-refractivity contribution >= 4 is 6.29 Å². The van der Waals surface area contributed by atoms with Crippen molar-refractivity contribution < 1.29 is 13.9 Å². The molecule has 0 N–H and O–H groups in total. The van der Waals surface area contributed by atoms with Crippen molar-refractivity contribution in [3.63, 3.8) is 0 Å². The first-order valence-corrected chi connectivity index (χ1v) is 5.55. The maximum Gasteiger partial charge on any atom is 0.153 e. The van der Waals surface area contributed by atoms with E-state index in [1.165, 1.54) is 19.2 Å². The van der Waals surface area contributed by atoms with Crippen molar-refractivity contribution in [2.75, 3.05) is 7.11 Å². The minimum Gasteiger partial charge on any atom is -0.496 e. The van der Waals surface area contributed by atoms with Gasteiger partial charge in [0.25, 0.3) is 0 Å². The predicted octanol–water partition coefficient (Wildman–Crippen LogP) is 3.62. The Morgan fingerprint density at radius 3 is 2.56 bits per heavy atom. The Balaban J connectivity index is 2.54. The zero-order valence-electron chi connectivity index (χ0n) is 10.2. The average molecular weight is 244 g/mol. The Morgan fingerprint density at radius 1 is 1.17 bits per heavy atom. The molecule has 92 valence electrons. The Morgan fingerprint density at radius 2 is 1.94 bits per heavy atom. The third-order valence-electron chi connectivity index (χ3n) is 2.86. The lowest BCUT2D eigenvalue weighted by molar-refractivity contribution is 0.112. The number of methoxy groups -OCH3 is 1. The summed E-state index contributed by atoms with van der Waals surface area (Å²) in [5.41, 5.74) is 3.09. The second kappa shape index (κ2) is 5.00. The molecular weight excluding hydrogens is 231 g/mol. The normalized spacial score (nSPS) is 10.2. The zero-order valence-corrected chi connectivity index (χ0v) is 10.2. The molecule has 2 aromatic carbocycles. The number of aryl methyl sites for hydroxylation is 1. The van der Waals surface area contributed by atoms with Crippen molar-refractivity contribution in [2.45, 2.75) is 6.92 Å². The number of benzene rings is 2. The molecule has 0 aromatic heterocycles. The number of carbonyl (C=O) groups excluding carboxylic acids is 1. The third kappa shape index (κ3) is 2.25. The van der Waals surface area contributed by atoms with Crippen molar-refractivity contribution in [1.29, 1.82) is 0 Å². The third-order valence-corrected chi connectivity index (χ3v) is 2.86. The topological polar surface area (TPSA) is 26.3 Å². The molecule has 2 nitrogen and oxygen atoms in total. The van der Waals surface area contributed by atoms with Crippen LogP contribution in [0.25, 0.3) is 11.1 Å². The van der Waals surface area contributed by atoms with Crippen LogP contribution in [0.3, 0.4) is 0 Å². The second-order valence-electron chi connectivity index (χ2n) is 4.03. The molecule has 3 heteroatoms. The highest BCUT2D eigenvalue weighted by Crippen LogP contribution is 2.28. The van der Waals surface area contributed by atoms with Crippen molar-refractivity contribution in [1.82, 2.24) is 0 Å². The van der Waals surface area contributed by atoms with Crippen LogP contribution >= 0.6 is 0 Å². The van der Waals surface area contributed by atoms with E-state index in [0.29, 0.717) is 11.3 Å². The predicted molar refractivity (Wildman–Crippen MR) is 68.5 cm³/mol. The number of carbonyl (C=O) groups is 1. The minimum absolute atomic E-state index is 0.264. The van der Waals surface area contributed by atoms with Gasteiger partial charge in [-0.1, -0.05) is 12.1 Å². The molecule has 0 atom stereocenters. The van der Waals surface area contributed by atoms with Crippen LogP contribution in [0.15, 0.2) is 36.4 Å². The lowest BCUT2D eigenvalue weighted by Gasteiger charge is -2.09. The van der Waals surface area contributed by atoms with E-state index in [1.807, 2.05) is 13.0 Å². The molecule has 0 radical (unpaired) electrons. The summed E-state index contributed by atoms with van der Waals surface area (Å²) in [6, 6.07) is 9.92. The van der Waals surface area contributed by atoms with Crippen LogP contribution in [0, 0.1) is 12.7 Å². The Hall–Kier alpha value is -2.16. The first-order valence-electron chi connectivity index (χ1n) is 5.55. The summed E-state index contributed by atoms with van der Waals surface area (Å²) in [6.07, 6.45) is 0.751. The molecule has 2 rings (SSSR count). The van der Waals surface area contributed by atoms with E-state index < -0.39 is 0 Å². The van der Waals surface area contributed by atoms with Gasteiger partial charge in [-0.05, 0) is 47.9 Å². The summed E-state index contributed by atoms with van der Waals surface area (Å²) < 4.78 is 18.1. The Kier molecular flexibility index (Phi) is 3.42. The van der Waals surface area contributed by atoms with Gasteiger partial charge in [-0.25, -0.2) is 4.39 Å². The number of halogens is 1. The lowest BCUT2D eigenvalue weighted by atomic mass is 9.98. The lowest BCUT2D eigenvalue weighted by Crippen LogP contribution is -1.92. The van der Waals surface area contributed by atoms with E-state index in [-0.39, 0.29) is 5.82 Å². The van der Waals surface area contributed by atoms with E-state index >= 15 is 0 Å². The molecule has 0 aliphatic heterocycles. The molecular formula is C15H13FO2. The quantitative estimate of drug-likeness (QED) is 0.771. The van der Waals surface area contributed by atoms with Crippen LogP contribution in [0.1, 0.15) is 15.9 Å². The van der Waals surface area contributed by atoms with Crippen LogP contribution in [0.5, 0.6) is 5.75 Å². The summed E-state index contributed by atoms with van der Waals surface area (Å²) in [6.45, 7) is 1.84. The molecule has 0 heterocycles. The van der Waals surface area contributed by atoms with E-state index in [4.69, 9.17) is 4.74 Å². The van der Waals surface area contributed by atoms with Gasteiger partial charge >= 0.3 is 0 Å². The highest BCUT2D eigenvalue weighted by Gasteiger charge is 2.07. The molecule has 0 unspecified atom stereocenters. The molecule has 0 amide bonds. The van der Waals surface area contributed by atoms with Crippen LogP contribution in [-0.2, 0) is 0 Å². The van der Waals surface area contributed by atoms with Crippen molar-refractivity contribution in [3.05, 3.63) is 53.3 Å². The summed E-state index contributed by atoms with van der Waals surface area (Å²) in [7, 11) is 1.52. The molecule has 0 aliphatic rings. The SMILES string of the molecule is COc1ccc(-c2ccc(F)cc2C)cc1C=O. The van der Waals surface area contributed by atoms with Crippen LogP contribution in [0.4, 0.5) is 4.39 Å². The van der Waals surface area contributed by atoms with Gasteiger partial charge in [0.05, 0.1) is 12.7 Å². The highest BCUT2D eigenvalue weighted by atomic mass is 19.1. The molecule has 0 spiro atoms. The fraction of sp³-hybridized carbons (Fsp3) is 0.133. The molecule has 2 aromatic rings. The zero-order chi connectivity index (χ0) is 13.1. The Bertz CT molecular complexity index is 591. The average Bonchev–Trinajstić information content (AvgIpc) is 2.38. The van der Waals surface area contributed by atoms with Crippen LogP contribution in [-0.4, -0.2) is 13.4 Å². The van der Waals surface area contributed by atoms with Gasteiger partial charge in [-0.3, -0.25) is 4.79 Å². The summed E-state index contributed by atoms with van der Waals surface area (Å²) in [5.74, 6) is 0.272. The molecule has 0 bridgehead atoms. The first-order chi connectivity index (χ1) is 8.65. The molecule has 0 aliphatic carbocycles. The van der Waals surface area contributed by atoms with Gasteiger partial charge in [0.15, 0.2) is 6.29 Å². The van der Waals surface area contributed by atoms with E-state index in [1.54, 1.807) is 18.2 Å². The van der Waals surface area contributed by atoms with Gasteiger partial charge in [0.2, 0.25) is 0 Å². The minimum atomic E-state index is -0.264. The smallest absolute Gasteiger partial charge is 0.153 e. The number of hydrogen-bond donors (Lipinski definition) is 0. The highest BCUT2D eigenvalue weighted by molar-refractivity contribution is 5.83. The summed E-state index contributed by atoms with van der Waals surface area (Å²) in [5, 5.41) is 0. The van der Waals surface area contributed by atoms with Gasteiger partial charge in [-0.15, -0.1) is 0 Å². The van der Waals surface area contributed by atoms with Gasteiger partial charge < -0.3 is 4.74 Å². The molecule has 0 fully saturated rings. The van der Waals surface area contributed by atoms with Gasteiger partial charge in [-0.2, -0.15) is 0 Å². The fourth-order valence-electron chi connectivity index (χ4n) is 1.94. The van der Waals surface area contributed by atoms with E-state index in [9.17, 15) is 9.18 Å². The first kappa shape index (κ1) is 12.3. The van der Waals surface area contributed by atoms with Crippen LogP contribution in [0.2, 0.25) is 0 Å². The molecule has 0 saturated heterocycles. The van der Waals surface area contributed by atoms with Crippen LogP contribution < -0.4 is 4.74 Å². The van der Waals surface area contributed by atoms with E-state index in [2.05, 4.69) is 0 Å².